The van der Waals surface area contributed by atoms with E-state index in [2.05, 4.69) is 155 Å². The molecule has 0 bridgehead atoms. The maximum absolute atomic E-state index is 5.36. The summed E-state index contributed by atoms with van der Waals surface area (Å²) in [6.45, 7) is 0. The fourth-order valence-corrected chi connectivity index (χ4v) is 9.07. The molecule has 11 aromatic rings. The van der Waals surface area contributed by atoms with Gasteiger partial charge in [0.25, 0.3) is 0 Å². The van der Waals surface area contributed by atoms with Crippen LogP contribution in [0.2, 0.25) is 0 Å². The van der Waals surface area contributed by atoms with Crippen LogP contribution in [-0.4, -0.2) is 19.1 Å². The minimum atomic E-state index is 0.701. The van der Waals surface area contributed by atoms with E-state index in [9.17, 15) is 0 Å². The Hall–Kier alpha value is -6.56. The number of benzene rings is 7. The Bertz CT molecular complexity index is 3060. The van der Waals surface area contributed by atoms with Gasteiger partial charge in [-0.2, -0.15) is 0 Å². The first kappa shape index (κ1) is 28.3. The van der Waals surface area contributed by atoms with Crippen molar-refractivity contribution in [2.24, 2.45) is 0 Å². The molecule has 0 aliphatic carbocycles. The van der Waals surface area contributed by atoms with Gasteiger partial charge < -0.3 is 4.57 Å². The van der Waals surface area contributed by atoms with Gasteiger partial charge in [0.15, 0.2) is 5.82 Å². The molecule has 11 rings (SSSR count). The molecule has 0 saturated carbocycles. The van der Waals surface area contributed by atoms with Gasteiger partial charge in [-0.15, -0.1) is 11.3 Å². The van der Waals surface area contributed by atoms with E-state index in [-0.39, 0.29) is 0 Å². The van der Waals surface area contributed by atoms with E-state index in [1.807, 2.05) is 35.6 Å². The lowest BCUT2D eigenvalue weighted by Gasteiger charge is -2.13. The van der Waals surface area contributed by atoms with Gasteiger partial charge in [-0.05, 0) is 36.4 Å². The highest BCUT2D eigenvalue weighted by atomic mass is 32.1. The lowest BCUT2D eigenvalue weighted by Crippen LogP contribution is -2.02. The van der Waals surface area contributed by atoms with Crippen LogP contribution in [0, 0.1) is 0 Å². The van der Waals surface area contributed by atoms with Crippen LogP contribution in [0.25, 0.3) is 97.9 Å². The molecule has 4 heterocycles. The highest BCUT2D eigenvalue weighted by Gasteiger charge is 2.23. The summed E-state index contributed by atoms with van der Waals surface area (Å²) >= 11 is 1.86. The average Bonchev–Trinajstić information content (AvgIpc) is 3.86. The van der Waals surface area contributed by atoms with Crippen LogP contribution in [-0.2, 0) is 0 Å². The molecule has 0 aliphatic heterocycles. The van der Waals surface area contributed by atoms with Crippen LogP contribution >= 0.6 is 11.3 Å². The Morgan fingerprint density at radius 3 is 1.55 bits per heavy atom. The molecule has 7 aromatic carbocycles. The van der Waals surface area contributed by atoms with E-state index >= 15 is 0 Å². The molecule has 238 valence electrons. The molecule has 0 radical (unpaired) electrons. The summed E-state index contributed by atoms with van der Waals surface area (Å²) in [7, 11) is 0. The fraction of sp³-hybridized carbons (Fsp3) is 0. The molecular formula is C46H28N4S. The van der Waals surface area contributed by atoms with Crippen LogP contribution in [0.15, 0.2) is 170 Å². The Labute approximate surface area is 297 Å². The van der Waals surface area contributed by atoms with Crippen molar-refractivity contribution in [1.29, 1.82) is 0 Å². The second kappa shape index (κ2) is 11.0. The molecule has 0 atom stereocenters. The summed E-state index contributed by atoms with van der Waals surface area (Å²) < 4.78 is 7.35. The van der Waals surface area contributed by atoms with Crippen molar-refractivity contribution in [1.82, 2.24) is 19.1 Å². The Morgan fingerprint density at radius 1 is 0.412 bits per heavy atom. The maximum Gasteiger partial charge on any atom is 0.162 e. The van der Waals surface area contributed by atoms with Gasteiger partial charge in [0.05, 0.1) is 27.8 Å². The first-order valence-corrected chi connectivity index (χ1v) is 18.0. The second-order valence-electron chi connectivity index (χ2n) is 13.0. The number of fused-ring (bicyclic) bond motifs is 11. The van der Waals surface area contributed by atoms with Gasteiger partial charge in [0, 0.05) is 64.6 Å². The Kier molecular flexibility index (Phi) is 6.09. The third kappa shape index (κ3) is 4.19. The van der Waals surface area contributed by atoms with Gasteiger partial charge in [-0.3, -0.25) is 4.57 Å². The third-order valence-corrected chi connectivity index (χ3v) is 11.2. The lowest BCUT2D eigenvalue weighted by atomic mass is 10.0. The highest BCUT2D eigenvalue weighted by Crippen LogP contribution is 2.47. The third-order valence-electron chi connectivity index (χ3n) is 10.1. The second-order valence-corrected chi connectivity index (χ2v) is 14.1. The van der Waals surface area contributed by atoms with Crippen LogP contribution in [0.3, 0.4) is 0 Å². The predicted molar refractivity (Wildman–Crippen MR) is 214 cm³/mol. The van der Waals surface area contributed by atoms with Gasteiger partial charge in [-0.25, -0.2) is 9.97 Å². The van der Waals surface area contributed by atoms with Gasteiger partial charge in [0.2, 0.25) is 0 Å². The van der Waals surface area contributed by atoms with Gasteiger partial charge >= 0.3 is 0 Å². The largest absolute Gasteiger partial charge is 0.309 e. The van der Waals surface area contributed by atoms with Crippen molar-refractivity contribution in [3.8, 4) is 34.2 Å². The standard InChI is InChI=1S/C46H28N4S/c1-4-14-29(15-5-1)36-28-41(48-46(47-36)30-16-6-2-7-17-30)50-38-23-13-11-21-33(38)35-25-27-40-43(45(35)50)42-39(51-40)26-24-34-32-20-10-12-22-37(32)49(44(34)42)31-18-8-3-9-19-31/h1-28H. The summed E-state index contributed by atoms with van der Waals surface area (Å²) in [5.74, 6) is 1.54. The van der Waals surface area contributed by atoms with E-state index in [1.54, 1.807) is 0 Å². The number of thiophene rings is 1. The maximum atomic E-state index is 5.36. The molecule has 0 spiro atoms. The number of hydrogen-bond donors (Lipinski definition) is 0. The number of aromatic nitrogens is 4. The molecule has 0 amide bonds. The SMILES string of the molecule is c1ccc(-c2cc(-n3c4ccccc4c4ccc5sc6ccc7c8ccccc8n(-c8ccccc8)c7c6c5c43)nc(-c3ccccc3)n2)cc1. The summed E-state index contributed by atoms with van der Waals surface area (Å²) in [5, 5.41) is 7.42. The van der Waals surface area contributed by atoms with Crippen LogP contribution in [0.1, 0.15) is 0 Å². The zero-order valence-electron chi connectivity index (χ0n) is 27.4. The van der Waals surface area contributed by atoms with Crippen LogP contribution < -0.4 is 0 Å². The topological polar surface area (TPSA) is 35.6 Å². The lowest BCUT2D eigenvalue weighted by molar-refractivity contribution is 1.05. The molecule has 51 heavy (non-hydrogen) atoms. The zero-order valence-corrected chi connectivity index (χ0v) is 28.2. The molecule has 4 aromatic heterocycles. The fourth-order valence-electron chi connectivity index (χ4n) is 7.96. The number of hydrogen-bond acceptors (Lipinski definition) is 3. The molecular weight excluding hydrogens is 641 g/mol. The molecule has 0 N–H and O–H groups in total. The Morgan fingerprint density at radius 2 is 0.922 bits per heavy atom. The van der Waals surface area contributed by atoms with Crippen molar-refractivity contribution < 1.29 is 0 Å². The van der Waals surface area contributed by atoms with Crippen molar-refractivity contribution >= 4 is 75.1 Å². The predicted octanol–water partition coefficient (Wildman–Crippen LogP) is 12.4. The van der Waals surface area contributed by atoms with Crippen molar-refractivity contribution in [3.63, 3.8) is 0 Å². The van der Waals surface area contributed by atoms with E-state index in [4.69, 9.17) is 9.97 Å². The molecule has 5 heteroatoms. The monoisotopic (exact) mass is 668 g/mol. The molecule has 0 aliphatic rings. The van der Waals surface area contributed by atoms with Crippen molar-refractivity contribution in [3.05, 3.63) is 170 Å². The zero-order chi connectivity index (χ0) is 33.5. The van der Waals surface area contributed by atoms with Gasteiger partial charge in [-0.1, -0.05) is 127 Å². The molecule has 4 nitrogen and oxygen atoms in total. The summed E-state index contributed by atoms with van der Waals surface area (Å²) in [6, 6.07) is 60.4. The summed E-state index contributed by atoms with van der Waals surface area (Å²) in [4.78, 5) is 10.5. The number of para-hydroxylation sites is 3. The first-order chi connectivity index (χ1) is 25.3. The van der Waals surface area contributed by atoms with Gasteiger partial charge in [0.1, 0.15) is 5.82 Å². The summed E-state index contributed by atoms with van der Waals surface area (Å²) in [6.07, 6.45) is 0. The minimum Gasteiger partial charge on any atom is -0.309 e. The minimum absolute atomic E-state index is 0.701. The number of rotatable bonds is 4. The van der Waals surface area contributed by atoms with E-state index in [0.717, 1.165) is 39.4 Å². The smallest absolute Gasteiger partial charge is 0.162 e. The van der Waals surface area contributed by atoms with E-state index in [1.165, 1.54) is 52.8 Å². The normalized spacial score (nSPS) is 11.9. The first-order valence-electron chi connectivity index (χ1n) is 17.2. The molecule has 0 unspecified atom stereocenters. The van der Waals surface area contributed by atoms with Crippen molar-refractivity contribution in [2.45, 2.75) is 0 Å². The molecule has 0 saturated heterocycles. The van der Waals surface area contributed by atoms with E-state index in [0.29, 0.717) is 5.82 Å². The summed E-state index contributed by atoms with van der Waals surface area (Å²) in [5.41, 5.74) is 8.79. The molecule has 0 fully saturated rings. The van der Waals surface area contributed by atoms with E-state index < -0.39 is 0 Å². The Balaban J connectivity index is 1.34. The number of nitrogens with zero attached hydrogens (tertiary/aromatic N) is 4. The average molecular weight is 669 g/mol. The van der Waals surface area contributed by atoms with Crippen LogP contribution in [0.4, 0.5) is 0 Å². The van der Waals surface area contributed by atoms with Crippen molar-refractivity contribution in [2.75, 3.05) is 0 Å². The van der Waals surface area contributed by atoms with Crippen LogP contribution in [0.5, 0.6) is 0 Å². The highest BCUT2D eigenvalue weighted by molar-refractivity contribution is 7.26. The quantitative estimate of drug-likeness (QED) is 0.187.